The average molecular weight is 353 g/mol. The van der Waals surface area contributed by atoms with Crippen molar-refractivity contribution in [3.05, 3.63) is 35.4 Å². The van der Waals surface area contributed by atoms with Crippen molar-refractivity contribution < 1.29 is 8.42 Å². The Morgan fingerprint density at radius 2 is 2.08 bits per heavy atom. The zero-order valence-corrected chi connectivity index (χ0v) is 15.6. The monoisotopic (exact) mass is 352 g/mol. The van der Waals surface area contributed by atoms with Gasteiger partial charge in [0, 0.05) is 39.1 Å². The number of nitrogens with one attached hydrogen (secondary N) is 2. The number of likely N-dealkylation sites (tertiary alicyclic amines) is 1. The standard InChI is InChI=1S/C17H28N4O2S/c1-4-24(22,23)20-11-10-19-17(18-3)21-12-9-15(13-21)16-8-6-5-7-14(16)2/h5-8,15,20H,4,9-13H2,1-3H3,(H,18,19). The minimum Gasteiger partial charge on any atom is -0.355 e. The number of aryl methyl sites for hydroxylation is 1. The summed E-state index contributed by atoms with van der Waals surface area (Å²) < 4.78 is 25.4. The van der Waals surface area contributed by atoms with E-state index in [2.05, 4.69) is 51.1 Å². The smallest absolute Gasteiger partial charge is 0.211 e. The van der Waals surface area contributed by atoms with Crippen LogP contribution in [0.3, 0.4) is 0 Å². The molecule has 1 saturated heterocycles. The van der Waals surface area contributed by atoms with E-state index in [0.717, 1.165) is 25.5 Å². The highest BCUT2D eigenvalue weighted by atomic mass is 32.2. The Hall–Kier alpha value is -1.60. The Kier molecular flexibility index (Phi) is 6.62. The average Bonchev–Trinajstić information content (AvgIpc) is 3.05. The lowest BCUT2D eigenvalue weighted by molar-refractivity contribution is 0.485. The lowest BCUT2D eigenvalue weighted by Crippen LogP contribution is -2.43. The van der Waals surface area contributed by atoms with Gasteiger partial charge in [-0.25, -0.2) is 13.1 Å². The molecule has 1 aliphatic heterocycles. The van der Waals surface area contributed by atoms with Gasteiger partial charge in [-0.05, 0) is 31.4 Å². The zero-order valence-electron chi connectivity index (χ0n) is 14.7. The molecule has 2 N–H and O–H groups in total. The summed E-state index contributed by atoms with van der Waals surface area (Å²) in [4.78, 5) is 6.57. The first kappa shape index (κ1) is 18.7. The Labute approximate surface area is 145 Å². The van der Waals surface area contributed by atoms with Gasteiger partial charge >= 0.3 is 0 Å². The zero-order chi connectivity index (χ0) is 17.6. The van der Waals surface area contributed by atoms with E-state index in [-0.39, 0.29) is 5.75 Å². The molecule has 0 spiro atoms. The molecule has 0 radical (unpaired) electrons. The van der Waals surface area contributed by atoms with Gasteiger partial charge in [0.05, 0.1) is 5.75 Å². The summed E-state index contributed by atoms with van der Waals surface area (Å²) in [6.07, 6.45) is 1.11. The number of guanidine groups is 1. The molecule has 2 rings (SSSR count). The Balaban J connectivity index is 1.86. The third-order valence-electron chi connectivity index (χ3n) is 4.44. The van der Waals surface area contributed by atoms with Gasteiger partial charge in [-0.1, -0.05) is 24.3 Å². The normalized spacial score (nSPS) is 18.9. The minimum atomic E-state index is -3.14. The van der Waals surface area contributed by atoms with E-state index < -0.39 is 10.0 Å². The molecule has 1 fully saturated rings. The molecule has 0 amide bonds. The molecule has 0 aliphatic carbocycles. The molecule has 1 aliphatic rings. The third-order valence-corrected chi connectivity index (χ3v) is 5.84. The summed E-state index contributed by atoms with van der Waals surface area (Å²) in [5, 5.41) is 3.24. The van der Waals surface area contributed by atoms with Crippen molar-refractivity contribution in [2.75, 3.05) is 39.0 Å². The SMILES string of the molecule is CCS(=O)(=O)NCCNC(=NC)N1CCC(c2ccccc2C)C1. The molecular formula is C17H28N4O2S. The van der Waals surface area contributed by atoms with E-state index in [9.17, 15) is 8.42 Å². The molecule has 0 aromatic heterocycles. The number of rotatable bonds is 6. The predicted octanol–water partition coefficient (Wildman–Crippen LogP) is 1.30. The molecule has 1 unspecified atom stereocenters. The first-order valence-corrected chi connectivity index (χ1v) is 10.1. The maximum absolute atomic E-state index is 11.4. The van der Waals surface area contributed by atoms with Crippen molar-refractivity contribution in [3.8, 4) is 0 Å². The van der Waals surface area contributed by atoms with Gasteiger partial charge in [0.15, 0.2) is 5.96 Å². The lowest BCUT2D eigenvalue weighted by atomic mass is 9.94. The van der Waals surface area contributed by atoms with Crippen molar-refractivity contribution in [2.45, 2.75) is 26.2 Å². The molecular weight excluding hydrogens is 324 g/mol. The fraction of sp³-hybridized carbons (Fsp3) is 0.588. The molecule has 134 valence electrons. The van der Waals surface area contributed by atoms with E-state index in [1.165, 1.54) is 11.1 Å². The van der Waals surface area contributed by atoms with Crippen LogP contribution in [0, 0.1) is 6.92 Å². The van der Waals surface area contributed by atoms with Gasteiger partial charge in [0.25, 0.3) is 0 Å². The van der Waals surface area contributed by atoms with E-state index >= 15 is 0 Å². The molecule has 0 bridgehead atoms. The van der Waals surface area contributed by atoms with Crippen LogP contribution in [0.15, 0.2) is 29.3 Å². The minimum absolute atomic E-state index is 0.103. The predicted molar refractivity (Wildman–Crippen MR) is 98.9 cm³/mol. The second-order valence-corrected chi connectivity index (χ2v) is 8.16. The first-order chi connectivity index (χ1) is 11.5. The van der Waals surface area contributed by atoms with Gasteiger partial charge < -0.3 is 10.2 Å². The van der Waals surface area contributed by atoms with Crippen LogP contribution in [0.2, 0.25) is 0 Å². The fourth-order valence-corrected chi connectivity index (χ4v) is 3.68. The van der Waals surface area contributed by atoms with Crippen LogP contribution < -0.4 is 10.0 Å². The molecule has 1 heterocycles. The van der Waals surface area contributed by atoms with Gasteiger partial charge in [0.1, 0.15) is 0 Å². The summed E-state index contributed by atoms with van der Waals surface area (Å²) in [7, 11) is -1.37. The number of nitrogens with zero attached hydrogens (tertiary/aromatic N) is 2. The summed E-state index contributed by atoms with van der Waals surface area (Å²) in [5.41, 5.74) is 2.74. The topological polar surface area (TPSA) is 73.8 Å². The van der Waals surface area contributed by atoms with Crippen molar-refractivity contribution in [2.24, 2.45) is 4.99 Å². The molecule has 1 atom stereocenters. The number of hydrogen-bond acceptors (Lipinski definition) is 3. The number of benzene rings is 1. The quantitative estimate of drug-likeness (QED) is 0.460. The Morgan fingerprint density at radius 1 is 1.33 bits per heavy atom. The maximum atomic E-state index is 11.4. The van der Waals surface area contributed by atoms with Gasteiger partial charge in [-0.15, -0.1) is 0 Å². The summed E-state index contributed by atoms with van der Waals surface area (Å²) in [6.45, 7) is 6.57. The van der Waals surface area contributed by atoms with E-state index in [1.54, 1.807) is 14.0 Å². The van der Waals surface area contributed by atoms with Crippen LogP contribution in [-0.2, 0) is 10.0 Å². The van der Waals surface area contributed by atoms with Crippen LogP contribution in [0.4, 0.5) is 0 Å². The summed E-state index contributed by atoms with van der Waals surface area (Å²) in [5.74, 6) is 1.46. The van der Waals surface area contributed by atoms with Gasteiger partial charge in [-0.3, -0.25) is 4.99 Å². The van der Waals surface area contributed by atoms with Crippen LogP contribution >= 0.6 is 0 Å². The van der Waals surface area contributed by atoms with Gasteiger partial charge in [-0.2, -0.15) is 0 Å². The van der Waals surface area contributed by atoms with Crippen LogP contribution in [0.5, 0.6) is 0 Å². The summed E-state index contributed by atoms with van der Waals surface area (Å²) in [6, 6.07) is 8.53. The second-order valence-electron chi connectivity index (χ2n) is 6.06. The second kappa shape index (κ2) is 8.48. The summed E-state index contributed by atoms with van der Waals surface area (Å²) >= 11 is 0. The van der Waals surface area contributed by atoms with E-state index in [0.29, 0.717) is 19.0 Å². The van der Waals surface area contributed by atoms with Gasteiger partial charge in [0.2, 0.25) is 10.0 Å². The molecule has 7 heteroatoms. The van der Waals surface area contributed by atoms with Crippen LogP contribution in [0.1, 0.15) is 30.4 Å². The van der Waals surface area contributed by atoms with Crippen molar-refractivity contribution in [3.63, 3.8) is 0 Å². The number of sulfonamides is 1. The van der Waals surface area contributed by atoms with E-state index in [4.69, 9.17) is 0 Å². The van der Waals surface area contributed by atoms with Crippen LogP contribution in [-0.4, -0.2) is 58.3 Å². The Bertz CT molecular complexity index is 673. The fourth-order valence-electron chi connectivity index (χ4n) is 3.07. The maximum Gasteiger partial charge on any atom is 0.211 e. The lowest BCUT2D eigenvalue weighted by Gasteiger charge is -2.22. The highest BCUT2D eigenvalue weighted by molar-refractivity contribution is 7.89. The van der Waals surface area contributed by atoms with Crippen molar-refractivity contribution in [1.29, 1.82) is 0 Å². The molecule has 24 heavy (non-hydrogen) atoms. The van der Waals surface area contributed by atoms with E-state index in [1.807, 2.05) is 0 Å². The Morgan fingerprint density at radius 3 is 2.75 bits per heavy atom. The third kappa shape index (κ3) is 4.95. The first-order valence-electron chi connectivity index (χ1n) is 8.45. The molecule has 1 aromatic carbocycles. The highest BCUT2D eigenvalue weighted by Crippen LogP contribution is 2.29. The van der Waals surface area contributed by atoms with Crippen molar-refractivity contribution >= 4 is 16.0 Å². The molecule has 6 nitrogen and oxygen atoms in total. The highest BCUT2D eigenvalue weighted by Gasteiger charge is 2.26. The van der Waals surface area contributed by atoms with Crippen molar-refractivity contribution in [1.82, 2.24) is 14.9 Å². The largest absolute Gasteiger partial charge is 0.355 e. The number of hydrogen-bond donors (Lipinski definition) is 2. The number of aliphatic imine (C=N–C) groups is 1. The molecule has 1 aromatic rings. The van der Waals surface area contributed by atoms with Crippen LogP contribution in [0.25, 0.3) is 0 Å². The molecule has 0 saturated carbocycles.